The third-order valence-electron chi connectivity index (χ3n) is 7.35. The van der Waals surface area contributed by atoms with E-state index >= 15 is 0 Å². The number of aromatic nitrogens is 4. The predicted octanol–water partition coefficient (Wildman–Crippen LogP) is 4.64. The number of nitrogens with zero attached hydrogens (tertiary/aromatic N) is 6. The number of carbonyl (C=O) groups excluding carboxylic acids is 1. The minimum Gasteiger partial charge on any atom is -0.507 e. The fourth-order valence-corrected chi connectivity index (χ4v) is 5.36. The number of halogens is 2. The molecule has 1 aromatic carbocycles. The second-order valence-corrected chi connectivity index (χ2v) is 10.5. The first kappa shape index (κ1) is 27.9. The minimum atomic E-state index is -1.03. The van der Waals surface area contributed by atoms with Crippen LogP contribution in [-0.2, 0) is 4.79 Å². The van der Waals surface area contributed by atoms with Crippen LogP contribution in [0, 0.1) is 12.7 Å². The number of hydrogen-bond donors (Lipinski definition) is 1. The fourth-order valence-electron chi connectivity index (χ4n) is 5.36. The number of carbonyl (C=O) groups is 1. The number of phenolic OH excluding ortho intramolecular Hbond substituents is 1. The van der Waals surface area contributed by atoms with Crippen LogP contribution in [0.1, 0.15) is 37.9 Å². The molecule has 5 rings (SSSR count). The van der Waals surface area contributed by atoms with E-state index in [2.05, 4.69) is 21.5 Å². The van der Waals surface area contributed by atoms with Crippen molar-refractivity contribution in [2.45, 2.75) is 39.7 Å². The molecule has 1 saturated heterocycles. The lowest BCUT2D eigenvalue weighted by Gasteiger charge is -2.40. The monoisotopic (exact) mass is 560 g/mol. The van der Waals surface area contributed by atoms with Crippen molar-refractivity contribution in [3.8, 4) is 22.7 Å². The largest absolute Gasteiger partial charge is 0.507 e. The SMILES string of the molecule is C=C(F)C(=O)N1CCN(c2nc(=O)n(-c3c(C)ccnc3C(C)C)c3cc(-c4c(O)cccc4F)ncc23)[C@@H](C)C1. The van der Waals surface area contributed by atoms with E-state index in [4.69, 9.17) is 0 Å². The Morgan fingerprint density at radius 2 is 1.95 bits per heavy atom. The summed E-state index contributed by atoms with van der Waals surface area (Å²) >= 11 is 0. The molecule has 1 fully saturated rings. The number of aromatic hydroxyl groups is 1. The van der Waals surface area contributed by atoms with Gasteiger partial charge in [-0.1, -0.05) is 26.5 Å². The van der Waals surface area contributed by atoms with Gasteiger partial charge in [-0.15, -0.1) is 0 Å². The topological polar surface area (TPSA) is 104 Å². The zero-order chi connectivity index (χ0) is 29.6. The molecule has 1 aliphatic rings. The van der Waals surface area contributed by atoms with Gasteiger partial charge in [-0.05, 0) is 49.6 Å². The highest BCUT2D eigenvalue weighted by molar-refractivity contribution is 5.94. The molecule has 0 aliphatic carbocycles. The highest BCUT2D eigenvalue weighted by Crippen LogP contribution is 2.35. The van der Waals surface area contributed by atoms with Crippen LogP contribution in [0.4, 0.5) is 14.6 Å². The van der Waals surface area contributed by atoms with Crippen molar-refractivity contribution in [2.75, 3.05) is 24.5 Å². The van der Waals surface area contributed by atoms with Crippen LogP contribution in [0.3, 0.4) is 0 Å². The summed E-state index contributed by atoms with van der Waals surface area (Å²) in [6.45, 7) is 11.5. The van der Waals surface area contributed by atoms with Gasteiger partial charge in [-0.2, -0.15) is 4.98 Å². The van der Waals surface area contributed by atoms with Crippen LogP contribution in [0.2, 0.25) is 0 Å². The van der Waals surface area contributed by atoms with Crippen molar-refractivity contribution in [1.82, 2.24) is 24.4 Å². The number of hydrogen-bond acceptors (Lipinski definition) is 7. The van der Waals surface area contributed by atoms with Gasteiger partial charge in [0.1, 0.15) is 17.4 Å². The smallest absolute Gasteiger partial charge is 0.354 e. The number of benzene rings is 1. The molecule has 0 bridgehead atoms. The summed E-state index contributed by atoms with van der Waals surface area (Å²) in [6.07, 6.45) is 3.19. The Morgan fingerprint density at radius 3 is 2.61 bits per heavy atom. The molecule has 0 radical (unpaired) electrons. The minimum absolute atomic E-state index is 0.0284. The molecule has 1 N–H and O–H groups in total. The number of pyridine rings is 2. The molecule has 9 nitrogen and oxygen atoms in total. The van der Waals surface area contributed by atoms with Crippen LogP contribution < -0.4 is 10.6 Å². The lowest BCUT2D eigenvalue weighted by molar-refractivity contribution is -0.129. The first-order valence-corrected chi connectivity index (χ1v) is 13.3. The first-order chi connectivity index (χ1) is 19.5. The lowest BCUT2D eigenvalue weighted by Crippen LogP contribution is -2.54. The average molecular weight is 561 g/mol. The quantitative estimate of drug-likeness (QED) is 0.355. The van der Waals surface area contributed by atoms with Gasteiger partial charge >= 0.3 is 5.69 Å². The number of phenols is 1. The average Bonchev–Trinajstić information content (AvgIpc) is 2.92. The molecule has 4 aromatic rings. The van der Waals surface area contributed by atoms with Crippen molar-refractivity contribution in [2.24, 2.45) is 0 Å². The van der Waals surface area contributed by atoms with E-state index in [-0.39, 0.29) is 48.6 Å². The van der Waals surface area contributed by atoms with Crippen molar-refractivity contribution in [3.05, 3.63) is 82.7 Å². The third kappa shape index (κ3) is 4.92. The second-order valence-electron chi connectivity index (χ2n) is 10.5. The van der Waals surface area contributed by atoms with Crippen LogP contribution in [0.25, 0.3) is 27.8 Å². The summed E-state index contributed by atoms with van der Waals surface area (Å²) in [6, 6.07) is 7.03. The maximum absolute atomic E-state index is 14.9. The van der Waals surface area contributed by atoms with Gasteiger partial charge in [0, 0.05) is 38.1 Å². The Bertz CT molecular complexity index is 1730. The first-order valence-electron chi connectivity index (χ1n) is 13.3. The normalized spacial score (nSPS) is 15.5. The predicted molar refractivity (Wildman–Crippen MR) is 152 cm³/mol. The molecule has 3 aromatic heterocycles. The molecule has 0 saturated carbocycles. The number of piperazine rings is 1. The van der Waals surface area contributed by atoms with Gasteiger partial charge in [0.25, 0.3) is 5.91 Å². The molecule has 41 heavy (non-hydrogen) atoms. The Morgan fingerprint density at radius 1 is 1.20 bits per heavy atom. The Hall–Kier alpha value is -4.67. The van der Waals surface area contributed by atoms with Crippen LogP contribution in [0.5, 0.6) is 5.75 Å². The van der Waals surface area contributed by atoms with E-state index in [0.29, 0.717) is 28.1 Å². The van der Waals surface area contributed by atoms with Crippen molar-refractivity contribution in [3.63, 3.8) is 0 Å². The van der Waals surface area contributed by atoms with Crippen molar-refractivity contribution in [1.29, 1.82) is 0 Å². The molecule has 1 atom stereocenters. The van der Waals surface area contributed by atoms with E-state index in [1.165, 1.54) is 33.9 Å². The van der Waals surface area contributed by atoms with Gasteiger partial charge in [0.15, 0.2) is 5.83 Å². The number of aryl methyl sites for hydroxylation is 1. The Kier molecular flexibility index (Phi) is 7.29. The van der Waals surface area contributed by atoms with Gasteiger partial charge in [0.2, 0.25) is 0 Å². The number of rotatable bonds is 5. The van der Waals surface area contributed by atoms with Gasteiger partial charge in [0.05, 0.1) is 33.5 Å². The third-order valence-corrected chi connectivity index (χ3v) is 7.35. The molecule has 212 valence electrons. The summed E-state index contributed by atoms with van der Waals surface area (Å²) < 4.78 is 29.9. The van der Waals surface area contributed by atoms with Crippen LogP contribution in [0.15, 0.2) is 59.9 Å². The fraction of sp³-hybridized carbons (Fsp3) is 0.300. The van der Waals surface area contributed by atoms with E-state index in [1.807, 2.05) is 32.6 Å². The zero-order valence-corrected chi connectivity index (χ0v) is 23.2. The molecule has 0 unspecified atom stereocenters. The van der Waals surface area contributed by atoms with E-state index in [1.54, 1.807) is 18.3 Å². The zero-order valence-electron chi connectivity index (χ0n) is 23.2. The Labute approximate surface area is 235 Å². The van der Waals surface area contributed by atoms with Crippen molar-refractivity contribution >= 4 is 22.6 Å². The highest BCUT2D eigenvalue weighted by Gasteiger charge is 2.31. The summed E-state index contributed by atoms with van der Waals surface area (Å²) in [5.41, 5.74) is 1.90. The molecular weight excluding hydrogens is 530 g/mol. The number of amides is 1. The molecule has 4 heterocycles. The summed E-state index contributed by atoms with van der Waals surface area (Å²) in [4.78, 5) is 42.8. The summed E-state index contributed by atoms with van der Waals surface area (Å²) in [7, 11) is 0. The number of anilines is 1. The van der Waals surface area contributed by atoms with Crippen LogP contribution in [-0.4, -0.2) is 61.1 Å². The standard InChI is InChI=1S/C30H30F2N6O3/c1-16(2)26-27(17(3)9-10-33-26)38-23-13-22(25-21(32)7-6-8-24(25)39)34-14-20(23)28(35-30(38)41)37-12-11-36(15-18(37)4)29(40)19(5)31/h6-10,13-14,16,18,39H,5,11-12,15H2,1-4H3/t18-/m0/s1. The van der Waals surface area contributed by atoms with E-state index in [9.17, 15) is 23.5 Å². The molecular formula is C30H30F2N6O3. The highest BCUT2D eigenvalue weighted by atomic mass is 19.1. The molecule has 11 heteroatoms. The van der Waals surface area contributed by atoms with Crippen molar-refractivity contribution < 1.29 is 18.7 Å². The van der Waals surface area contributed by atoms with Gasteiger partial charge < -0.3 is 14.9 Å². The maximum atomic E-state index is 14.9. The lowest BCUT2D eigenvalue weighted by atomic mass is 10.0. The van der Waals surface area contributed by atoms with Gasteiger partial charge in [-0.3, -0.25) is 19.3 Å². The number of fused-ring (bicyclic) bond motifs is 1. The molecule has 1 aliphatic heterocycles. The second kappa shape index (κ2) is 10.7. The molecule has 0 spiro atoms. The Balaban J connectivity index is 1.77. The summed E-state index contributed by atoms with van der Waals surface area (Å²) in [5, 5.41) is 11.0. The van der Waals surface area contributed by atoms with E-state index in [0.717, 1.165) is 5.56 Å². The maximum Gasteiger partial charge on any atom is 0.354 e. The summed E-state index contributed by atoms with van der Waals surface area (Å²) in [5.74, 6) is -2.44. The van der Waals surface area contributed by atoms with Crippen LogP contribution >= 0.6 is 0 Å². The molecule has 1 amide bonds. The van der Waals surface area contributed by atoms with Gasteiger partial charge in [-0.25, -0.2) is 13.6 Å². The van der Waals surface area contributed by atoms with E-state index < -0.39 is 23.2 Å².